The lowest BCUT2D eigenvalue weighted by Crippen LogP contribution is -2.18. The zero-order valence-corrected chi connectivity index (χ0v) is 9.60. The van der Waals surface area contributed by atoms with E-state index in [-0.39, 0.29) is 5.84 Å². The van der Waals surface area contributed by atoms with Crippen molar-refractivity contribution < 1.29 is 4.74 Å². The lowest BCUT2D eigenvalue weighted by Gasteiger charge is -2.10. The normalized spacial score (nSPS) is 10.4. The standard InChI is InChI=1S/C10H17N5O/c1-15(2)6-3-7-16-10-8(9(11)12)13-4-5-14-10/h4-5H,3,6-7H2,1-2H3,(H3,11,12). The molecule has 88 valence electrons. The lowest BCUT2D eigenvalue weighted by molar-refractivity contribution is 0.271. The molecule has 6 nitrogen and oxygen atoms in total. The third kappa shape index (κ3) is 3.82. The molecule has 0 aliphatic heterocycles. The van der Waals surface area contributed by atoms with Gasteiger partial charge in [0.25, 0.3) is 0 Å². The predicted octanol–water partition coefficient (Wildman–Crippen LogP) is 0.0912. The van der Waals surface area contributed by atoms with Crippen LogP contribution in [0.2, 0.25) is 0 Å². The Labute approximate surface area is 95.0 Å². The van der Waals surface area contributed by atoms with Crippen LogP contribution in [0.3, 0.4) is 0 Å². The SMILES string of the molecule is CN(C)CCCOc1nccnc1C(=N)N. The van der Waals surface area contributed by atoms with E-state index in [1.165, 1.54) is 12.4 Å². The number of aromatic nitrogens is 2. The van der Waals surface area contributed by atoms with Crippen LogP contribution < -0.4 is 10.5 Å². The maximum atomic E-state index is 7.31. The number of ether oxygens (including phenoxy) is 1. The second-order valence-electron chi connectivity index (χ2n) is 3.63. The third-order valence-electron chi connectivity index (χ3n) is 1.91. The van der Waals surface area contributed by atoms with Gasteiger partial charge >= 0.3 is 0 Å². The first-order chi connectivity index (χ1) is 7.61. The van der Waals surface area contributed by atoms with Crippen LogP contribution in [-0.2, 0) is 0 Å². The number of amidine groups is 1. The van der Waals surface area contributed by atoms with E-state index in [4.69, 9.17) is 15.9 Å². The molecule has 1 aromatic heterocycles. The summed E-state index contributed by atoms with van der Waals surface area (Å²) in [5.74, 6) is 0.199. The Morgan fingerprint density at radius 2 is 2.12 bits per heavy atom. The van der Waals surface area contributed by atoms with Crippen LogP contribution in [0.15, 0.2) is 12.4 Å². The van der Waals surface area contributed by atoms with Gasteiger partial charge in [-0.3, -0.25) is 5.41 Å². The average Bonchev–Trinajstić information content (AvgIpc) is 2.24. The number of nitrogen functional groups attached to an aromatic ring is 1. The second kappa shape index (κ2) is 6.02. The van der Waals surface area contributed by atoms with E-state index in [0.717, 1.165) is 13.0 Å². The number of nitrogens with two attached hydrogens (primary N) is 1. The summed E-state index contributed by atoms with van der Waals surface area (Å²) < 4.78 is 5.43. The second-order valence-corrected chi connectivity index (χ2v) is 3.63. The van der Waals surface area contributed by atoms with Crippen molar-refractivity contribution in [3.63, 3.8) is 0 Å². The highest BCUT2D eigenvalue weighted by molar-refractivity contribution is 5.94. The summed E-state index contributed by atoms with van der Waals surface area (Å²) in [5, 5.41) is 7.31. The van der Waals surface area contributed by atoms with Crippen molar-refractivity contribution in [3.05, 3.63) is 18.1 Å². The van der Waals surface area contributed by atoms with Crippen molar-refractivity contribution in [1.82, 2.24) is 14.9 Å². The smallest absolute Gasteiger partial charge is 0.243 e. The molecule has 3 N–H and O–H groups in total. The van der Waals surface area contributed by atoms with E-state index < -0.39 is 0 Å². The molecule has 0 aliphatic carbocycles. The van der Waals surface area contributed by atoms with Gasteiger partial charge in [0.15, 0.2) is 5.69 Å². The lowest BCUT2D eigenvalue weighted by atomic mass is 10.4. The molecule has 0 bridgehead atoms. The van der Waals surface area contributed by atoms with Gasteiger partial charge in [-0.25, -0.2) is 9.97 Å². The molecule has 6 heteroatoms. The molecule has 16 heavy (non-hydrogen) atoms. The molecule has 1 aromatic rings. The van der Waals surface area contributed by atoms with Gasteiger partial charge in [0.2, 0.25) is 5.88 Å². The summed E-state index contributed by atoms with van der Waals surface area (Å²) in [7, 11) is 4.01. The number of hydrogen-bond donors (Lipinski definition) is 2. The molecule has 0 saturated heterocycles. The fourth-order valence-electron chi connectivity index (χ4n) is 1.17. The van der Waals surface area contributed by atoms with Crippen molar-refractivity contribution in [3.8, 4) is 5.88 Å². The highest BCUT2D eigenvalue weighted by Crippen LogP contribution is 2.10. The molecule has 1 rings (SSSR count). The van der Waals surface area contributed by atoms with Crippen molar-refractivity contribution in [2.45, 2.75) is 6.42 Å². The monoisotopic (exact) mass is 223 g/mol. The Morgan fingerprint density at radius 3 is 2.75 bits per heavy atom. The van der Waals surface area contributed by atoms with Gasteiger partial charge in [-0.05, 0) is 20.5 Å². The van der Waals surface area contributed by atoms with Gasteiger partial charge in [0.1, 0.15) is 5.84 Å². The van der Waals surface area contributed by atoms with Crippen LogP contribution in [0.1, 0.15) is 12.1 Å². The zero-order chi connectivity index (χ0) is 12.0. The predicted molar refractivity (Wildman–Crippen MR) is 61.7 cm³/mol. The van der Waals surface area contributed by atoms with Crippen LogP contribution in [0.5, 0.6) is 5.88 Å². The van der Waals surface area contributed by atoms with Gasteiger partial charge in [-0.2, -0.15) is 0 Å². The number of nitrogens with zero attached hydrogens (tertiary/aromatic N) is 3. The first-order valence-electron chi connectivity index (χ1n) is 5.04. The highest BCUT2D eigenvalue weighted by atomic mass is 16.5. The Morgan fingerprint density at radius 1 is 1.44 bits per heavy atom. The van der Waals surface area contributed by atoms with Gasteiger partial charge in [-0.1, -0.05) is 0 Å². The van der Waals surface area contributed by atoms with Crippen molar-refractivity contribution >= 4 is 5.84 Å². The summed E-state index contributed by atoms with van der Waals surface area (Å²) in [5.41, 5.74) is 5.66. The van der Waals surface area contributed by atoms with Crippen LogP contribution in [0.4, 0.5) is 0 Å². The largest absolute Gasteiger partial charge is 0.476 e. The average molecular weight is 223 g/mol. The van der Waals surface area contributed by atoms with Gasteiger partial charge in [0.05, 0.1) is 6.61 Å². The van der Waals surface area contributed by atoms with Crippen molar-refractivity contribution in [1.29, 1.82) is 5.41 Å². The molecule has 1 heterocycles. The summed E-state index contributed by atoms with van der Waals surface area (Å²) in [4.78, 5) is 10.0. The minimum absolute atomic E-state index is 0.129. The minimum Gasteiger partial charge on any atom is -0.476 e. The molecule has 0 aromatic carbocycles. The summed E-state index contributed by atoms with van der Waals surface area (Å²) in [6, 6.07) is 0. The fourth-order valence-corrected chi connectivity index (χ4v) is 1.17. The maximum Gasteiger partial charge on any atom is 0.243 e. The molecular weight excluding hydrogens is 206 g/mol. The minimum atomic E-state index is -0.129. The molecule has 0 fully saturated rings. The zero-order valence-electron chi connectivity index (χ0n) is 9.60. The van der Waals surface area contributed by atoms with Crippen LogP contribution in [0.25, 0.3) is 0 Å². The van der Waals surface area contributed by atoms with E-state index in [1.54, 1.807) is 0 Å². The van der Waals surface area contributed by atoms with Crippen LogP contribution in [0, 0.1) is 5.41 Å². The number of rotatable bonds is 6. The molecule has 0 amide bonds. The van der Waals surface area contributed by atoms with E-state index in [2.05, 4.69) is 14.9 Å². The van der Waals surface area contributed by atoms with Gasteiger partial charge in [-0.15, -0.1) is 0 Å². The Kier molecular flexibility index (Phi) is 4.65. The van der Waals surface area contributed by atoms with Crippen molar-refractivity contribution in [2.24, 2.45) is 5.73 Å². The molecule has 0 unspecified atom stereocenters. The number of hydrogen-bond acceptors (Lipinski definition) is 5. The van der Waals surface area contributed by atoms with Gasteiger partial charge < -0.3 is 15.4 Å². The summed E-state index contributed by atoms with van der Waals surface area (Å²) in [6.07, 6.45) is 3.90. The number of nitrogens with one attached hydrogen (secondary N) is 1. The summed E-state index contributed by atoms with van der Waals surface area (Å²) in [6.45, 7) is 1.48. The van der Waals surface area contributed by atoms with E-state index in [9.17, 15) is 0 Å². The quantitative estimate of drug-likeness (QED) is 0.405. The molecular formula is C10H17N5O. The first kappa shape index (κ1) is 12.4. The summed E-state index contributed by atoms with van der Waals surface area (Å²) >= 11 is 0. The topological polar surface area (TPSA) is 88.1 Å². The van der Waals surface area contributed by atoms with Crippen LogP contribution >= 0.6 is 0 Å². The molecule has 0 spiro atoms. The van der Waals surface area contributed by atoms with Crippen LogP contribution in [-0.4, -0.2) is 48.0 Å². The Hall–Kier alpha value is -1.69. The van der Waals surface area contributed by atoms with Gasteiger partial charge in [0, 0.05) is 18.9 Å². The van der Waals surface area contributed by atoms with E-state index in [0.29, 0.717) is 18.2 Å². The maximum absolute atomic E-state index is 7.31. The molecule has 0 saturated carbocycles. The van der Waals surface area contributed by atoms with Crippen molar-refractivity contribution in [2.75, 3.05) is 27.2 Å². The van der Waals surface area contributed by atoms with E-state index in [1.807, 2.05) is 14.1 Å². The first-order valence-corrected chi connectivity index (χ1v) is 5.04. The Bertz CT molecular complexity index is 353. The highest BCUT2D eigenvalue weighted by Gasteiger charge is 2.08. The fraction of sp³-hybridized carbons (Fsp3) is 0.500. The third-order valence-corrected chi connectivity index (χ3v) is 1.91. The molecule has 0 atom stereocenters. The van der Waals surface area contributed by atoms with E-state index >= 15 is 0 Å². The molecule has 0 aliphatic rings. The Balaban J connectivity index is 2.50. The molecule has 0 radical (unpaired) electrons.